The predicted molar refractivity (Wildman–Crippen MR) is 96.3 cm³/mol. The molecule has 6 heteroatoms. The van der Waals surface area contributed by atoms with Crippen molar-refractivity contribution in [3.8, 4) is 11.3 Å². The number of hydrogen-bond donors (Lipinski definition) is 0. The molecule has 25 heavy (non-hydrogen) atoms. The minimum atomic E-state index is -0.189. The van der Waals surface area contributed by atoms with Gasteiger partial charge in [0.1, 0.15) is 5.69 Å². The number of likely N-dealkylation sites (tertiary alicyclic amines) is 1. The molecule has 6 nitrogen and oxygen atoms in total. The van der Waals surface area contributed by atoms with Crippen LogP contribution in [-0.2, 0) is 4.74 Å². The van der Waals surface area contributed by atoms with Crippen LogP contribution in [0.5, 0.6) is 0 Å². The van der Waals surface area contributed by atoms with Crippen LogP contribution in [0, 0.1) is 6.92 Å². The summed E-state index contributed by atoms with van der Waals surface area (Å²) in [5.41, 5.74) is 3.19. The van der Waals surface area contributed by atoms with Gasteiger partial charge < -0.3 is 9.64 Å². The Kier molecular flexibility index (Phi) is 5.68. The number of hydrogen-bond acceptors (Lipinski definition) is 4. The topological polar surface area (TPSA) is 60.2 Å². The molecule has 0 saturated carbocycles. The maximum atomic E-state index is 12.0. The Balaban J connectivity index is 1.56. The van der Waals surface area contributed by atoms with Crippen LogP contribution in [-0.4, -0.2) is 45.7 Å². The van der Waals surface area contributed by atoms with E-state index in [4.69, 9.17) is 4.74 Å². The predicted octanol–water partition coefficient (Wildman–Crippen LogP) is 3.83. The first-order chi connectivity index (χ1) is 12.2. The van der Waals surface area contributed by atoms with E-state index in [0.717, 1.165) is 36.9 Å². The monoisotopic (exact) mass is 342 g/mol. The first-order valence-corrected chi connectivity index (χ1v) is 9.08. The number of carbonyl (C=O) groups is 1. The number of nitrogens with zero attached hydrogens (tertiary/aromatic N) is 4. The molecule has 1 aromatic carbocycles. The van der Waals surface area contributed by atoms with Crippen molar-refractivity contribution in [3.05, 3.63) is 36.0 Å². The van der Waals surface area contributed by atoms with Crippen LogP contribution in [0.15, 0.2) is 30.5 Å². The van der Waals surface area contributed by atoms with Gasteiger partial charge in [0.15, 0.2) is 0 Å². The van der Waals surface area contributed by atoms with Crippen LogP contribution in [0.2, 0.25) is 0 Å². The third-order valence-electron chi connectivity index (χ3n) is 4.64. The zero-order valence-electron chi connectivity index (χ0n) is 15.0. The highest BCUT2D eigenvalue weighted by molar-refractivity contribution is 5.67. The van der Waals surface area contributed by atoms with Crippen molar-refractivity contribution in [2.45, 2.75) is 45.6 Å². The Labute approximate surface area is 148 Å². The van der Waals surface area contributed by atoms with Crippen LogP contribution in [0.4, 0.5) is 4.79 Å². The van der Waals surface area contributed by atoms with Gasteiger partial charge in [0.2, 0.25) is 0 Å². The lowest BCUT2D eigenvalue weighted by Gasteiger charge is -2.31. The summed E-state index contributed by atoms with van der Waals surface area (Å²) in [6.07, 6.45) is 5.52. The zero-order chi connectivity index (χ0) is 17.6. The number of rotatable bonds is 5. The molecule has 1 aliphatic rings. The lowest BCUT2D eigenvalue weighted by Crippen LogP contribution is -2.39. The highest BCUT2D eigenvalue weighted by atomic mass is 16.6. The molecule has 2 heterocycles. The largest absolute Gasteiger partial charge is 0.449 e. The Hall–Kier alpha value is -2.37. The number of piperidine rings is 1. The molecule has 134 valence electrons. The lowest BCUT2D eigenvalue weighted by molar-refractivity contribution is 0.0863. The van der Waals surface area contributed by atoms with E-state index in [0.29, 0.717) is 19.7 Å². The summed E-state index contributed by atoms with van der Waals surface area (Å²) in [6.45, 7) is 6.08. The number of benzene rings is 1. The van der Waals surface area contributed by atoms with Crippen molar-refractivity contribution >= 4 is 6.09 Å². The van der Waals surface area contributed by atoms with Crippen molar-refractivity contribution in [3.63, 3.8) is 0 Å². The van der Waals surface area contributed by atoms with Gasteiger partial charge in [-0.25, -0.2) is 9.48 Å². The maximum Gasteiger partial charge on any atom is 0.409 e. The number of ether oxygens (including phenoxy) is 1. The van der Waals surface area contributed by atoms with Crippen LogP contribution in [0.3, 0.4) is 0 Å². The minimum absolute atomic E-state index is 0.189. The van der Waals surface area contributed by atoms with Gasteiger partial charge in [-0.05, 0) is 32.3 Å². The summed E-state index contributed by atoms with van der Waals surface area (Å²) in [5, 5.41) is 8.62. The van der Waals surface area contributed by atoms with Crippen molar-refractivity contribution in [1.29, 1.82) is 0 Å². The molecule has 0 unspecified atom stereocenters. The molecular weight excluding hydrogens is 316 g/mol. The minimum Gasteiger partial charge on any atom is -0.449 e. The summed E-state index contributed by atoms with van der Waals surface area (Å²) in [6, 6.07) is 8.56. The van der Waals surface area contributed by atoms with Crippen molar-refractivity contribution in [2.75, 3.05) is 19.7 Å². The quantitative estimate of drug-likeness (QED) is 0.775. The molecule has 0 spiro atoms. The molecule has 1 aliphatic heterocycles. The van der Waals surface area contributed by atoms with Crippen molar-refractivity contribution in [2.24, 2.45) is 0 Å². The zero-order valence-corrected chi connectivity index (χ0v) is 15.0. The Bertz CT molecular complexity index is 705. The van der Waals surface area contributed by atoms with E-state index in [1.807, 2.05) is 16.9 Å². The maximum absolute atomic E-state index is 12.0. The number of aromatic nitrogens is 3. The summed E-state index contributed by atoms with van der Waals surface area (Å²) in [5.74, 6) is 0. The molecule has 1 fully saturated rings. The highest BCUT2D eigenvalue weighted by Crippen LogP contribution is 2.24. The molecule has 2 aromatic rings. The van der Waals surface area contributed by atoms with Gasteiger partial charge in [0.25, 0.3) is 0 Å². The average Bonchev–Trinajstić information content (AvgIpc) is 3.12. The van der Waals surface area contributed by atoms with Gasteiger partial charge in [-0.15, -0.1) is 5.10 Å². The number of aryl methyl sites for hydroxylation is 1. The molecule has 0 radical (unpaired) electrons. The first-order valence-electron chi connectivity index (χ1n) is 9.08. The van der Waals surface area contributed by atoms with Gasteiger partial charge in [-0.1, -0.05) is 42.3 Å². The van der Waals surface area contributed by atoms with Gasteiger partial charge >= 0.3 is 6.09 Å². The van der Waals surface area contributed by atoms with Crippen molar-refractivity contribution in [1.82, 2.24) is 19.9 Å². The number of amides is 1. The molecule has 0 bridgehead atoms. The van der Waals surface area contributed by atoms with Crippen LogP contribution in [0.1, 0.15) is 44.2 Å². The Morgan fingerprint density at radius 3 is 2.84 bits per heavy atom. The Morgan fingerprint density at radius 2 is 2.12 bits per heavy atom. The smallest absolute Gasteiger partial charge is 0.409 e. The van der Waals surface area contributed by atoms with E-state index >= 15 is 0 Å². The number of unbranched alkanes of at least 4 members (excludes halogenated alkanes) is 1. The van der Waals surface area contributed by atoms with Gasteiger partial charge in [-0.2, -0.15) is 0 Å². The summed E-state index contributed by atoms with van der Waals surface area (Å²) in [7, 11) is 0. The van der Waals surface area contributed by atoms with E-state index < -0.39 is 0 Å². The van der Waals surface area contributed by atoms with Crippen LogP contribution < -0.4 is 0 Å². The van der Waals surface area contributed by atoms with E-state index in [1.165, 1.54) is 5.56 Å². The highest BCUT2D eigenvalue weighted by Gasteiger charge is 2.25. The third kappa shape index (κ3) is 4.38. The average molecular weight is 342 g/mol. The normalized spacial score (nSPS) is 15.4. The molecule has 3 rings (SSSR count). The van der Waals surface area contributed by atoms with Crippen LogP contribution >= 0.6 is 0 Å². The summed E-state index contributed by atoms with van der Waals surface area (Å²) < 4.78 is 7.23. The van der Waals surface area contributed by atoms with E-state index in [9.17, 15) is 4.79 Å². The second-order valence-corrected chi connectivity index (χ2v) is 6.64. The third-order valence-corrected chi connectivity index (χ3v) is 4.64. The van der Waals surface area contributed by atoms with E-state index in [-0.39, 0.29) is 12.1 Å². The summed E-state index contributed by atoms with van der Waals surface area (Å²) >= 11 is 0. The fourth-order valence-corrected chi connectivity index (χ4v) is 3.10. The molecular formula is C19H26N4O2. The summed E-state index contributed by atoms with van der Waals surface area (Å²) in [4.78, 5) is 13.8. The van der Waals surface area contributed by atoms with Crippen LogP contribution in [0.25, 0.3) is 11.3 Å². The van der Waals surface area contributed by atoms with E-state index in [1.54, 1.807) is 4.90 Å². The molecule has 1 amide bonds. The number of carbonyl (C=O) groups excluding carboxylic acids is 1. The van der Waals surface area contributed by atoms with Gasteiger partial charge in [0.05, 0.1) is 18.8 Å². The molecule has 0 N–H and O–H groups in total. The standard InChI is InChI=1S/C19H26N4O2/c1-3-4-12-25-19(24)22-10-8-17(9-11-22)23-14-18(20-21-23)16-7-5-6-15(2)13-16/h5-7,13-14,17H,3-4,8-12H2,1-2H3. The van der Waals surface area contributed by atoms with Gasteiger partial charge in [-0.3, -0.25) is 0 Å². The second-order valence-electron chi connectivity index (χ2n) is 6.64. The fourth-order valence-electron chi connectivity index (χ4n) is 3.10. The van der Waals surface area contributed by atoms with E-state index in [2.05, 4.69) is 42.4 Å². The molecule has 0 atom stereocenters. The SMILES string of the molecule is CCCCOC(=O)N1CCC(n2cc(-c3cccc(C)c3)nn2)CC1. The molecule has 1 aromatic heterocycles. The second kappa shape index (κ2) is 8.14. The first kappa shape index (κ1) is 17.5. The van der Waals surface area contributed by atoms with Gasteiger partial charge in [0, 0.05) is 18.7 Å². The molecule has 1 saturated heterocycles. The Morgan fingerprint density at radius 1 is 1.32 bits per heavy atom. The van der Waals surface area contributed by atoms with Crippen molar-refractivity contribution < 1.29 is 9.53 Å². The fraction of sp³-hybridized carbons (Fsp3) is 0.526. The molecule has 0 aliphatic carbocycles. The lowest BCUT2D eigenvalue weighted by atomic mass is 10.1.